The molecule has 2 heteroatoms. The molecule has 0 aromatic heterocycles. The van der Waals surface area contributed by atoms with Gasteiger partial charge in [-0.2, -0.15) is 0 Å². The van der Waals surface area contributed by atoms with E-state index in [1.165, 1.54) is 64.7 Å². The lowest BCUT2D eigenvalue weighted by Gasteiger charge is -2.43. The summed E-state index contributed by atoms with van der Waals surface area (Å²) in [5.41, 5.74) is 0. The second kappa shape index (κ2) is 6.02. The van der Waals surface area contributed by atoms with Crippen molar-refractivity contribution in [2.75, 3.05) is 26.2 Å². The van der Waals surface area contributed by atoms with Gasteiger partial charge in [-0.15, -0.1) is 0 Å². The number of likely N-dealkylation sites (tertiary alicyclic amines) is 2. The predicted octanol–water partition coefficient (Wildman–Crippen LogP) is 2.74. The Balaban J connectivity index is 1.79. The van der Waals surface area contributed by atoms with Gasteiger partial charge in [0, 0.05) is 12.1 Å². The summed E-state index contributed by atoms with van der Waals surface area (Å²) >= 11 is 0. The van der Waals surface area contributed by atoms with Crippen LogP contribution >= 0.6 is 0 Å². The van der Waals surface area contributed by atoms with Crippen LogP contribution in [0.3, 0.4) is 0 Å². The molecule has 2 rings (SSSR count). The van der Waals surface area contributed by atoms with Crippen LogP contribution in [0.2, 0.25) is 0 Å². The zero-order valence-corrected chi connectivity index (χ0v) is 11.1. The zero-order chi connectivity index (χ0) is 11.4. The van der Waals surface area contributed by atoms with Crippen molar-refractivity contribution < 1.29 is 0 Å². The van der Waals surface area contributed by atoms with Crippen LogP contribution in [0.4, 0.5) is 0 Å². The maximum absolute atomic E-state index is 2.80. The van der Waals surface area contributed by atoms with Gasteiger partial charge in [-0.3, -0.25) is 4.90 Å². The van der Waals surface area contributed by atoms with E-state index in [-0.39, 0.29) is 0 Å². The van der Waals surface area contributed by atoms with Crippen molar-refractivity contribution in [3.8, 4) is 0 Å². The van der Waals surface area contributed by atoms with Gasteiger partial charge in [-0.1, -0.05) is 13.3 Å². The third-order valence-corrected chi connectivity index (χ3v) is 4.42. The molecule has 0 saturated carbocycles. The molecule has 0 aliphatic carbocycles. The summed E-state index contributed by atoms with van der Waals surface area (Å²) in [5, 5.41) is 0. The summed E-state index contributed by atoms with van der Waals surface area (Å²) in [7, 11) is 0. The Morgan fingerprint density at radius 1 is 1.00 bits per heavy atom. The van der Waals surface area contributed by atoms with Gasteiger partial charge in [0.15, 0.2) is 0 Å². The van der Waals surface area contributed by atoms with Gasteiger partial charge in [0.25, 0.3) is 0 Å². The summed E-state index contributed by atoms with van der Waals surface area (Å²) in [6.07, 6.45) is 8.43. The molecule has 2 saturated heterocycles. The van der Waals surface area contributed by atoms with Crippen LogP contribution < -0.4 is 0 Å². The predicted molar refractivity (Wildman–Crippen MR) is 69.8 cm³/mol. The summed E-state index contributed by atoms with van der Waals surface area (Å²) in [5.74, 6) is 0. The van der Waals surface area contributed by atoms with Crippen molar-refractivity contribution in [1.82, 2.24) is 9.80 Å². The number of hydrogen-bond acceptors (Lipinski definition) is 2. The molecule has 2 aliphatic rings. The molecule has 0 aromatic carbocycles. The molecule has 0 unspecified atom stereocenters. The summed E-state index contributed by atoms with van der Waals surface area (Å²) in [6.45, 7) is 10.1. The molecular weight excluding hydrogens is 196 g/mol. The SMILES string of the molecule is CCCN1CCC(N2CCCC[C@@H]2C)CC1. The van der Waals surface area contributed by atoms with Gasteiger partial charge >= 0.3 is 0 Å². The van der Waals surface area contributed by atoms with Crippen molar-refractivity contribution >= 4 is 0 Å². The van der Waals surface area contributed by atoms with E-state index in [0.717, 1.165) is 12.1 Å². The number of hydrogen-bond donors (Lipinski definition) is 0. The van der Waals surface area contributed by atoms with Crippen LogP contribution in [0.15, 0.2) is 0 Å². The molecule has 94 valence electrons. The second-order valence-electron chi connectivity index (χ2n) is 5.66. The molecule has 2 aliphatic heterocycles. The smallest absolute Gasteiger partial charge is 0.0122 e. The summed E-state index contributed by atoms with van der Waals surface area (Å²) in [6, 6.07) is 1.74. The Bertz CT molecular complexity index is 197. The molecule has 2 nitrogen and oxygen atoms in total. The number of rotatable bonds is 3. The van der Waals surface area contributed by atoms with Crippen LogP contribution in [0.1, 0.15) is 52.4 Å². The van der Waals surface area contributed by atoms with E-state index in [2.05, 4.69) is 23.6 Å². The Kier molecular flexibility index (Phi) is 4.66. The molecule has 0 aromatic rings. The fraction of sp³-hybridized carbons (Fsp3) is 1.00. The molecular formula is C14H28N2. The van der Waals surface area contributed by atoms with E-state index >= 15 is 0 Å². The topological polar surface area (TPSA) is 6.48 Å². The van der Waals surface area contributed by atoms with E-state index in [0.29, 0.717) is 0 Å². The molecule has 2 heterocycles. The van der Waals surface area contributed by atoms with E-state index in [4.69, 9.17) is 0 Å². The van der Waals surface area contributed by atoms with Gasteiger partial charge in [0.05, 0.1) is 0 Å². The normalized spacial score (nSPS) is 30.8. The third kappa shape index (κ3) is 2.98. The van der Waals surface area contributed by atoms with E-state index < -0.39 is 0 Å². The highest BCUT2D eigenvalue weighted by Crippen LogP contribution is 2.24. The molecule has 0 N–H and O–H groups in total. The van der Waals surface area contributed by atoms with Crippen LogP contribution in [0, 0.1) is 0 Å². The van der Waals surface area contributed by atoms with Crippen LogP contribution in [0.25, 0.3) is 0 Å². The first-order valence-corrected chi connectivity index (χ1v) is 7.29. The van der Waals surface area contributed by atoms with Gasteiger partial charge in [-0.05, 0) is 65.2 Å². The minimum absolute atomic E-state index is 0.844. The Hall–Kier alpha value is -0.0800. The Morgan fingerprint density at radius 3 is 2.38 bits per heavy atom. The van der Waals surface area contributed by atoms with Crippen LogP contribution in [-0.4, -0.2) is 48.1 Å². The lowest BCUT2D eigenvalue weighted by molar-refractivity contribution is 0.0576. The Morgan fingerprint density at radius 2 is 1.75 bits per heavy atom. The fourth-order valence-electron chi connectivity index (χ4n) is 3.45. The molecule has 1 atom stereocenters. The molecule has 0 spiro atoms. The average molecular weight is 224 g/mol. The molecule has 0 amide bonds. The number of nitrogens with zero attached hydrogens (tertiary/aromatic N) is 2. The molecule has 2 fully saturated rings. The first-order valence-electron chi connectivity index (χ1n) is 7.29. The number of piperidine rings is 2. The van der Waals surface area contributed by atoms with E-state index in [1.807, 2.05) is 0 Å². The standard InChI is InChI=1S/C14H28N2/c1-3-9-15-11-7-14(8-12-15)16-10-5-4-6-13(16)2/h13-14H,3-12H2,1-2H3/t13-/m0/s1. The van der Waals surface area contributed by atoms with Crippen molar-refractivity contribution in [2.45, 2.75) is 64.5 Å². The van der Waals surface area contributed by atoms with Crippen molar-refractivity contribution in [2.24, 2.45) is 0 Å². The van der Waals surface area contributed by atoms with Gasteiger partial charge < -0.3 is 4.90 Å². The first kappa shape index (κ1) is 12.4. The molecule has 0 radical (unpaired) electrons. The quantitative estimate of drug-likeness (QED) is 0.727. The van der Waals surface area contributed by atoms with Gasteiger partial charge in [-0.25, -0.2) is 0 Å². The van der Waals surface area contributed by atoms with Gasteiger partial charge in [0.2, 0.25) is 0 Å². The van der Waals surface area contributed by atoms with Crippen LogP contribution in [-0.2, 0) is 0 Å². The molecule has 0 bridgehead atoms. The lowest BCUT2D eigenvalue weighted by Crippen LogP contribution is -2.50. The van der Waals surface area contributed by atoms with Crippen molar-refractivity contribution in [1.29, 1.82) is 0 Å². The van der Waals surface area contributed by atoms with E-state index in [9.17, 15) is 0 Å². The molecule has 16 heavy (non-hydrogen) atoms. The summed E-state index contributed by atoms with van der Waals surface area (Å²) < 4.78 is 0. The highest BCUT2D eigenvalue weighted by Gasteiger charge is 2.28. The fourth-order valence-corrected chi connectivity index (χ4v) is 3.45. The average Bonchev–Trinajstić information content (AvgIpc) is 2.31. The highest BCUT2D eigenvalue weighted by atomic mass is 15.2. The second-order valence-corrected chi connectivity index (χ2v) is 5.66. The maximum Gasteiger partial charge on any atom is 0.0122 e. The summed E-state index contributed by atoms with van der Waals surface area (Å²) in [4.78, 5) is 5.44. The minimum Gasteiger partial charge on any atom is -0.303 e. The monoisotopic (exact) mass is 224 g/mol. The Labute approximate surface area is 101 Å². The van der Waals surface area contributed by atoms with Crippen molar-refractivity contribution in [3.63, 3.8) is 0 Å². The van der Waals surface area contributed by atoms with Gasteiger partial charge in [0.1, 0.15) is 0 Å². The van der Waals surface area contributed by atoms with Crippen molar-refractivity contribution in [3.05, 3.63) is 0 Å². The van der Waals surface area contributed by atoms with E-state index in [1.54, 1.807) is 0 Å². The first-order chi connectivity index (χ1) is 7.81. The van der Waals surface area contributed by atoms with Crippen LogP contribution in [0.5, 0.6) is 0 Å². The minimum atomic E-state index is 0.844. The zero-order valence-electron chi connectivity index (χ0n) is 11.1. The third-order valence-electron chi connectivity index (χ3n) is 4.42. The lowest BCUT2D eigenvalue weighted by atomic mass is 9.96. The highest BCUT2D eigenvalue weighted by molar-refractivity contribution is 4.84. The largest absolute Gasteiger partial charge is 0.303 e. The maximum atomic E-state index is 2.80.